The third-order valence-corrected chi connectivity index (χ3v) is 4.46. The zero-order valence-corrected chi connectivity index (χ0v) is 11.3. The molecule has 2 fully saturated rings. The molecule has 2 rings (SSSR count). The second-order valence-electron chi connectivity index (χ2n) is 6.96. The molecule has 0 radical (unpaired) electrons. The van der Waals surface area contributed by atoms with E-state index in [4.69, 9.17) is 4.74 Å². The normalized spacial score (nSPS) is 36.0. The summed E-state index contributed by atoms with van der Waals surface area (Å²) in [6, 6.07) is 0. The number of hydrogen-bond acceptors (Lipinski definition) is 2. The largest absolute Gasteiger partial charge is 0.392 e. The van der Waals surface area contributed by atoms with Crippen LogP contribution in [0.2, 0.25) is 0 Å². The Kier molecular flexibility index (Phi) is 2.87. The fourth-order valence-electron chi connectivity index (χ4n) is 3.40. The molecule has 3 unspecified atom stereocenters. The van der Waals surface area contributed by atoms with Crippen LogP contribution < -0.4 is 0 Å². The molecule has 3 atom stereocenters. The highest BCUT2D eigenvalue weighted by atomic mass is 16.5. The van der Waals surface area contributed by atoms with E-state index in [9.17, 15) is 5.11 Å². The van der Waals surface area contributed by atoms with Crippen molar-refractivity contribution in [2.24, 2.45) is 17.8 Å². The number of ether oxygens (including phenoxy) is 1. The summed E-state index contributed by atoms with van der Waals surface area (Å²) in [6.45, 7) is 10.7. The molecule has 0 aromatic heterocycles. The standard InChI is InChI=1S/C14H26O2/c1-9(10-6-7-10)12(15)11-8-13(2,3)16-14(11,4)5/h9-12,15H,6-8H2,1-5H3. The minimum Gasteiger partial charge on any atom is -0.392 e. The van der Waals surface area contributed by atoms with Crippen LogP contribution in [0.25, 0.3) is 0 Å². The Labute approximate surface area is 99.4 Å². The van der Waals surface area contributed by atoms with Crippen molar-refractivity contribution in [3.8, 4) is 0 Å². The summed E-state index contributed by atoms with van der Waals surface area (Å²) in [4.78, 5) is 0. The van der Waals surface area contributed by atoms with Crippen LogP contribution >= 0.6 is 0 Å². The summed E-state index contributed by atoms with van der Waals surface area (Å²) in [5.41, 5.74) is -0.273. The molecule has 2 nitrogen and oxygen atoms in total. The molecule has 1 aliphatic carbocycles. The molecule has 1 saturated carbocycles. The highest BCUT2D eigenvalue weighted by molar-refractivity contribution is 5.00. The molecule has 0 aromatic carbocycles. The fraction of sp³-hybridized carbons (Fsp3) is 1.00. The minimum atomic E-state index is -0.204. The quantitative estimate of drug-likeness (QED) is 0.801. The SMILES string of the molecule is CC(C1CC1)C(O)C1CC(C)(C)OC1(C)C. The van der Waals surface area contributed by atoms with Crippen molar-refractivity contribution in [1.82, 2.24) is 0 Å². The Bertz CT molecular complexity index is 266. The topological polar surface area (TPSA) is 29.5 Å². The Balaban J connectivity index is 2.07. The lowest BCUT2D eigenvalue weighted by molar-refractivity contribution is -0.0938. The molecular weight excluding hydrogens is 200 g/mol. The average Bonchev–Trinajstić information content (AvgIpc) is 2.90. The fourth-order valence-corrected chi connectivity index (χ4v) is 3.40. The van der Waals surface area contributed by atoms with Gasteiger partial charge in [0.25, 0.3) is 0 Å². The molecule has 16 heavy (non-hydrogen) atoms. The summed E-state index contributed by atoms with van der Waals surface area (Å²) in [5, 5.41) is 10.5. The van der Waals surface area contributed by atoms with Gasteiger partial charge in [-0.1, -0.05) is 6.92 Å². The molecule has 1 heterocycles. The zero-order valence-electron chi connectivity index (χ0n) is 11.3. The van der Waals surface area contributed by atoms with E-state index in [1.807, 2.05) is 0 Å². The zero-order chi connectivity index (χ0) is 12.1. The van der Waals surface area contributed by atoms with Crippen LogP contribution in [0.5, 0.6) is 0 Å². The van der Waals surface area contributed by atoms with Crippen molar-refractivity contribution in [2.45, 2.75) is 71.2 Å². The highest BCUT2D eigenvalue weighted by Crippen LogP contribution is 2.48. The maximum atomic E-state index is 10.5. The van der Waals surface area contributed by atoms with E-state index in [0.29, 0.717) is 5.92 Å². The van der Waals surface area contributed by atoms with E-state index in [2.05, 4.69) is 34.6 Å². The molecule has 94 valence electrons. The first-order chi connectivity index (χ1) is 7.23. The van der Waals surface area contributed by atoms with Gasteiger partial charge in [-0.25, -0.2) is 0 Å². The summed E-state index contributed by atoms with van der Waals surface area (Å²) in [7, 11) is 0. The van der Waals surface area contributed by atoms with Crippen LogP contribution in [0.15, 0.2) is 0 Å². The van der Waals surface area contributed by atoms with Gasteiger partial charge in [-0.2, -0.15) is 0 Å². The number of rotatable bonds is 3. The monoisotopic (exact) mass is 226 g/mol. The maximum absolute atomic E-state index is 10.5. The van der Waals surface area contributed by atoms with Gasteiger partial charge < -0.3 is 9.84 Å². The molecule has 1 N–H and O–H groups in total. The Morgan fingerprint density at radius 1 is 1.19 bits per heavy atom. The lowest BCUT2D eigenvalue weighted by Crippen LogP contribution is -2.39. The van der Waals surface area contributed by atoms with Crippen molar-refractivity contribution in [1.29, 1.82) is 0 Å². The first-order valence-electron chi connectivity index (χ1n) is 6.61. The molecule has 0 bridgehead atoms. The third-order valence-electron chi connectivity index (χ3n) is 4.46. The lowest BCUT2D eigenvalue weighted by atomic mass is 9.77. The van der Waals surface area contributed by atoms with Gasteiger partial charge in [-0.15, -0.1) is 0 Å². The summed E-state index contributed by atoms with van der Waals surface area (Å²) < 4.78 is 6.06. The third kappa shape index (κ3) is 2.28. The van der Waals surface area contributed by atoms with Crippen molar-refractivity contribution >= 4 is 0 Å². The van der Waals surface area contributed by atoms with Crippen molar-refractivity contribution < 1.29 is 9.84 Å². The average molecular weight is 226 g/mol. The summed E-state index contributed by atoms with van der Waals surface area (Å²) >= 11 is 0. The van der Waals surface area contributed by atoms with Gasteiger partial charge in [0.1, 0.15) is 0 Å². The molecule has 2 heteroatoms. The van der Waals surface area contributed by atoms with Crippen molar-refractivity contribution in [3.05, 3.63) is 0 Å². The van der Waals surface area contributed by atoms with Crippen LogP contribution in [0.3, 0.4) is 0 Å². The van der Waals surface area contributed by atoms with E-state index >= 15 is 0 Å². The lowest BCUT2D eigenvalue weighted by Gasteiger charge is -2.33. The van der Waals surface area contributed by atoms with E-state index < -0.39 is 0 Å². The number of aliphatic hydroxyl groups is 1. The van der Waals surface area contributed by atoms with Gasteiger partial charge in [0, 0.05) is 5.92 Å². The van der Waals surface area contributed by atoms with Gasteiger partial charge in [0.05, 0.1) is 17.3 Å². The van der Waals surface area contributed by atoms with Gasteiger partial charge >= 0.3 is 0 Å². The molecule has 0 spiro atoms. The van der Waals surface area contributed by atoms with Crippen LogP contribution in [-0.2, 0) is 4.74 Å². The smallest absolute Gasteiger partial charge is 0.0687 e. The minimum absolute atomic E-state index is 0.0849. The first-order valence-corrected chi connectivity index (χ1v) is 6.61. The van der Waals surface area contributed by atoms with Crippen LogP contribution in [0.1, 0.15) is 53.9 Å². The van der Waals surface area contributed by atoms with Crippen LogP contribution in [0.4, 0.5) is 0 Å². The van der Waals surface area contributed by atoms with E-state index in [-0.39, 0.29) is 23.2 Å². The summed E-state index contributed by atoms with van der Waals surface area (Å²) in [5.74, 6) is 1.47. The van der Waals surface area contributed by atoms with E-state index in [0.717, 1.165) is 12.3 Å². The Hall–Kier alpha value is -0.0800. The van der Waals surface area contributed by atoms with E-state index in [1.165, 1.54) is 12.8 Å². The predicted octanol–water partition coefficient (Wildman–Crippen LogP) is 2.99. The van der Waals surface area contributed by atoms with Gasteiger partial charge in [0.15, 0.2) is 0 Å². The van der Waals surface area contributed by atoms with Crippen LogP contribution in [0, 0.1) is 17.8 Å². The molecule has 0 amide bonds. The van der Waals surface area contributed by atoms with Gasteiger partial charge in [-0.05, 0) is 58.8 Å². The number of hydrogen-bond donors (Lipinski definition) is 1. The van der Waals surface area contributed by atoms with E-state index in [1.54, 1.807) is 0 Å². The Morgan fingerprint density at radius 3 is 2.12 bits per heavy atom. The first kappa shape index (κ1) is 12.4. The van der Waals surface area contributed by atoms with Crippen molar-refractivity contribution in [2.75, 3.05) is 0 Å². The summed E-state index contributed by atoms with van der Waals surface area (Å²) in [6.07, 6.45) is 3.37. The van der Waals surface area contributed by atoms with Crippen molar-refractivity contribution in [3.63, 3.8) is 0 Å². The second-order valence-corrected chi connectivity index (χ2v) is 6.96. The molecule has 2 aliphatic rings. The molecule has 1 aliphatic heterocycles. The Morgan fingerprint density at radius 2 is 1.75 bits per heavy atom. The van der Waals surface area contributed by atoms with Gasteiger partial charge in [0.2, 0.25) is 0 Å². The predicted molar refractivity (Wildman–Crippen MR) is 65.2 cm³/mol. The maximum Gasteiger partial charge on any atom is 0.0687 e. The van der Waals surface area contributed by atoms with Crippen LogP contribution in [-0.4, -0.2) is 22.4 Å². The highest BCUT2D eigenvalue weighted by Gasteiger charge is 2.51. The molecular formula is C14H26O2. The second kappa shape index (κ2) is 3.71. The van der Waals surface area contributed by atoms with Gasteiger partial charge in [-0.3, -0.25) is 0 Å². The molecule has 1 saturated heterocycles. The molecule has 0 aromatic rings. The number of aliphatic hydroxyl groups excluding tert-OH is 1.